The molecule has 0 aromatic carbocycles. The number of carbonyl (C=O) groups excluding carboxylic acids is 2. The summed E-state index contributed by atoms with van der Waals surface area (Å²) >= 11 is 0. The number of esters is 2. The number of carbonyl (C=O) groups is 2. The van der Waals surface area contributed by atoms with Crippen LogP contribution in [-0.4, -0.2) is 21.5 Å². The molecule has 3 nitrogen and oxygen atoms in total. The van der Waals surface area contributed by atoms with Crippen LogP contribution in [0.4, 0.5) is 0 Å². The molecule has 3 unspecified atom stereocenters. The molecular weight excluding hydrogens is 220 g/mol. The molecule has 0 amide bonds. The van der Waals surface area contributed by atoms with Crippen molar-refractivity contribution in [1.29, 1.82) is 0 Å². The summed E-state index contributed by atoms with van der Waals surface area (Å²) in [4.78, 5) is 21.1. The van der Waals surface area contributed by atoms with Gasteiger partial charge in [0.1, 0.15) is 0 Å². The van der Waals surface area contributed by atoms with E-state index in [9.17, 15) is 9.59 Å². The van der Waals surface area contributed by atoms with Gasteiger partial charge in [-0.05, 0) is 5.92 Å². The van der Waals surface area contributed by atoms with E-state index in [-0.39, 0.29) is 11.8 Å². The lowest BCUT2D eigenvalue weighted by molar-refractivity contribution is -0.153. The summed E-state index contributed by atoms with van der Waals surface area (Å²) in [6.45, 7) is 10.4. The first-order valence-electron chi connectivity index (χ1n) is 6.19. The van der Waals surface area contributed by atoms with Crippen LogP contribution in [0.25, 0.3) is 0 Å². The van der Waals surface area contributed by atoms with Crippen LogP contribution in [0.3, 0.4) is 0 Å². The predicted octanol–water partition coefficient (Wildman–Crippen LogP) is 2.01. The third-order valence-electron chi connectivity index (χ3n) is 3.17. The maximum absolute atomic E-state index is 10.6. The molecule has 1 rings (SSSR count). The molecule has 0 bridgehead atoms. The highest BCUT2D eigenvalue weighted by molar-refractivity contribution is 6.33. The molecule has 1 aliphatic heterocycles. The number of ether oxygens (including phenoxy) is 1. The molecule has 1 heterocycles. The minimum Gasteiger partial charge on any atom is -0.393 e. The van der Waals surface area contributed by atoms with Gasteiger partial charge < -0.3 is 4.74 Å². The Balaban J connectivity index is 0.000000293. The molecule has 0 spiro atoms. The van der Waals surface area contributed by atoms with E-state index in [0.717, 1.165) is 5.92 Å². The lowest BCUT2D eigenvalue weighted by Gasteiger charge is -2.02. The highest BCUT2D eigenvalue weighted by atomic mass is 28.2. The fraction of sp³-hybridized carbons (Fsp3) is 0.833. The largest absolute Gasteiger partial charge is 0.393 e. The van der Waals surface area contributed by atoms with Gasteiger partial charge in [-0.2, -0.15) is 0 Å². The Kier molecular flexibility index (Phi) is 7.30. The van der Waals surface area contributed by atoms with Crippen LogP contribution in [-0.2, 0) is 14.3 Å². The van der Waals surface area contributed by atoms with Crippen LogP contribution in [0.5, 0.6) is 0 Å². The first-order valence-corrected chi connectivity index (χ1v) is 8.60. The summed E-state index contributed by atoms with van der Waals surface area (Å²) in [7, 11) is 0.356. The fourth-order valence-electron chi connectivity index (χ4n) is 1.39. The van der Waals surface area contributed by atoms with E-state index >= 15 is 0 Å². The maximum Gasteiger partial charge on any atom is 0.317 e. The van der Waals surface area contributed by atoms with Crippen LogP contribution in [0.2, 0.25) is 12.6 Å². The molecule has 94 valence electrons. The zero-order valence-corrected chi connectivity index (χ0v) is 12.5. The Labute approximate surface area is 101 Å². The lowest BCUT2D eigenvalue weighted by Crippen LogP contribution is -2.09. The zero-order valence-electron chi connectivity index (χ0n) is 11.1. The lowest BCUT2D eigenvalue weighted by atomic mass is 10.00. The van der Waals surface area contributed by atoms with Gasteiger partial charge in [0.2, 0.25) is 0 Å². The Hall–Kier alpha value is -0.643. The maximum atomic E-state index is 10.6. The number of cyclic esters (lactones) is 2. The van der Waals surface area contributed by atoms with Crippen molar-refractivity contribution >= 4 is 21.5 Å². The molecule has 0 radical (unpaired) electrons. The molecule has 4 heteroatoms. The fourth-order valence-corrected chi connectivity index (χ4v) is 2.78. The Morgan fingerprint density at radius 1 is 1.25 bits per heavy atom. The van der Waals surface area contributed by atoms with Crippen LogP contribution in [0.1, 0.15) is 34.1 Å². The van der Waals surface area contributed by atoms with E-state index < -0.39 is 11.9 Å². The third-order valence-corrected chi connectivity index (χ3v) is 4.74. The predicted molar refractivity (Wildman–Crippen MR) is 68.1 cm³/mol. The van der Waals surface area contributed by atoms with Gasteiger partial charge in [-0.25, -0.2) is 0 Å². The molecule has 16 heavy (non-hydrogen) atoms. The quantitative estimate of drug-likeness (QED) is 0.433. The SMILES string of the molecule is CC1C(=O)OC(=O)C1C.CCC(C)C[SiH2]C. The summed E-state index contributed by atoms with van der Waals surface area (Å²) in [5, 5.41) is 0. The van der Waals surface area contributed by atoms with Crippen molar-refractivity contribution in [3.63, 3.8) is 0 Å². The van der Waals surface area contributed by atoms with E-state index in [1.807, 2.05) is 0 Å². The van der Waals surface area contributed by atoms with Crippen LogP contribution in [0, 0.1) is 17.8 Å². The third kappa shape index (κ3) is 4.92. The molecule has 0 N–H and O–H groups in total. The molecule has 0 aromatic rings. The monoisotopic (exact) mass is 244 g/mol. The van der Waals surface area contributed by atoms with Crippen molar-refractivity contribution < 1.29 is 14.3 Å². The topological polar surface area (TPSA) is 43.4 Å². The van der Waals surface area contributed by atoms with E-state index in [2.05, 4.69) is 25.1 Å². The molecule has 0 aromatic heterocycles. The van der Waals surface area contributed by atoms with Crippen molar-refractivity contribution in [2.75, 3.05) is 0 Å². The first kappa shape index (κ1) is 15.4. The Bertz CT molecular complexity index is 222. The van der Waals surface area contributed by atoms with Gasteiger partial charge in [0.25, 0.3) is 0 Å². The average molecular weight is 244 g/mol. The van der Waals surface area contributed by atoms with Gasteiger partial charge in [0.05, 0.1) is 11.8 Å². The number of hydrogen-bond acceptors (Lipinski definition) is 3. The highest BCUT2D eigenvalue weighted by Gasteiger charge is 2.37. The smallest absolute Gasteiger partial charge is 0.317 e. The second-order valence-electron chi connectivity index (χ2n) is 4.62. The zero-order chi connectivity index (χ0) is 12.7. The summed E-state index contributed by atoms with van der Waals surface area (Å²) in [5.74, 6) is -0.285. The van der Waals surface area contributed by atoms with Gasteiger partial charge in [0, 0.05) is 9.52 Å². The van der Waals surface area contributed by atoms with Gasteiger partial charge in [-0.15, -0.1) is 0 Å². The van der Waals surface area contributed by atoms with Crippen LogP contribution >= 0.6 is 0 Å². The molecule has 1 aliphatic rings. The second kappa shape index (κ2) is 7.60. The minimum atomic E-state index is -0.396. The van der Waals surface area contributed by atoms with E-state index in [0.29, 0.717) is 9.52 Å². The molecule has 3 atom stereocenters. The van der Waals surface area contributed by atoms with Gasteiger partial charge >= 0.3 is 11.9 Å². The Morgan fingerprint density at radius 3 is 1.81 bits per heavy atom. The second-order valence-corrected chi connectivity index (χ2v) is 6.20. The normalized spacial score (nSPS) is 26.6. The van der Waals surface area contributed by atoms with Gasteiger partial charge in [-0.3, -0.25) is 9.59 Å². The van der Waals surface area contributed by atoms with Crippen LogP contribution < -0.4 is 0 Å². The van der Waals surface area contributed by atoms with Crippen LogP contribution in [0.15, 0.2) is 0 Å². The molecule has 0 aliphatic carbocycles. The van der Waals surface area contributed by atoms with Crippen molar-refractivity contribution in [3.8, 4) is 0 Å². The summed E-state index contributed by atoms with van der Waals surface area (Å²) in [6, 6.07) is 1.54. The number of hydrogen-bond donors (Lipinski definition) is 0. The molecule has 1 fully saturated rings. The van der Waals surface area contributed by atoms with Crippen molar-refractivity contribution in [2.24, 2.45) is 17.8 Å². The summed E-state index contributed by atoms with van der Waals surface area (Å²) in [6.07, 6.45) is 1.38. The van der Waals surface area contributed by atoms with Gasteiger partial charge in [-0.1, -0.05) is 46.7 Å². The van der Waals surface area contributed by atoms with E-state index in [4.69, 9.17) is 0 Å². The van der Waals surface area contributed by atoms with Crippen molar-refractivity contribution in [1.82, 2.24) is 0 Å². The molecule has 0 saturated carbocycles. The molecule has 1 saturated heterocycles. The molecular formula is C12H24O3Si. The van der Waals surface area contributed by atoms with E-state index in [1.54, 1.807) is 13.8 Å². The minimum absolute atomic E-state index is 0.252. The number of rotatable bonds is 3. The Morgan fingerprint density at radius 2 is 1.69 bits per heavy atom. The standard InChI is InChI=1S/C6H8O3.C6H16Si/c1-3-4(2)6(8)9-5(3)7;1-4-6(2)5-7-3/h3-4H,1-2H3;6H,4-5,7H2,1-3H3. The average Bonchev–Trinajstić information content (AvgIpc) is 2.47. The van der Waals surface area contributed by atoms with E-state index in [1.165, 1.54) is 12.5 Å². The van der Waals surface area contributed by atoms with Gasteiger partial charge in [0.15, 0.2) is 0 Å². The summed E-state index contributed by atoms with van der Waals surface area (Å²) in [5.41, 5.74) is 0. The summed E-state index contributed by atoms with van der Waals surface area (Å²) < 4.78 is 4.31. The van der Waals surface area contributed by atoms with Crippen molar-refractivity contribution in [2.45, 2.75) is 46.7 Å². The first-order chi connectivity index (χ1) is 7.43. The highest BCUT2D eigenvalue weighted by Crippen LogP contribution is 2.21. The van der Waals surface area contributed by atoms with Crippen molar-refractivity contribution in [3.05, 3.63) is 0 Å².